The first kappa shape index (κ1) is 21.0. The number of ether oxygens (including phenoxy) is 4. The van der Waals surface area contributed by atoms with Gasteiger partial charge in [0.1, 0.15) is 18.3 Å². The third-order valence-corrected chi connectivity index (χ3v) is 5.74. The van der Waals surface area contributed by atoms with Crippen molar-refractivity contribution in [3.05, 3.63) is 52.6 Å². The Morgan fingerprint density at radius 1 is 1.25 bits per heavy atom. The molecule has 32 heavy (non-hydrogen) atoms. The van der Waals surface area contributed by atoms with E-state index in [1.54, 1.807) is 4.57 Å². The van der Waals surface area contributed by atoms with Crippen molar-refractivity contribution in [3.63, 3.8) is 0 Å². The monoisotopic (exact) mass is 443 g/mol. The van der Waals surface area contributed by atoms with E-state index in [-0.39, 0.29) is 36.8 Å². The molecule has 0 radical (unpaired) electrons. The molecular formula is C21H25N5O6. The van der Waals surface area contributed by atoms with Crippen molar-refractivity contribution in [2.24, 2.45) is 0 Å². The Kier molecular flexibility index (Phi) is 5.89. The van der Waals surface area contributed by atoms with Crippen LogP contribution in [-0.2, 0) is 18.9 Å². The maximum absolute atomic E-state index is 12.2. The predicted molar refractivity (Wildman–Crippen MR) is 113 cm³/mol. The lowest BCUT2D eigenvalue weighted by molar-refractivity contribution is -0.311. The number of aliphatic hydroxyl groups excluding tert-OH is 1. The van der Waals surface area contributed by atoms with Gasteiger partial charge in [-0.2, -0.15) is 4.98 Å². The van der Waals surface area contributed by atoms with Gasteiger partial charge in [-0.1, -0.05) is 30.3 Å². The number of aromatic nitrogens is 4. The fourth-order valence-corrected chi connectivity index (χ4v) is 4.21. The molecule has 4 heterocycles. The molecule has 0 spiro atoms. The molecule has 0 aliphatic carbocycles. The second-order valence-electron chi connectivity index (χ2n) is 7.80. The maximum atomic E-state index is 12.2. The lowest BCUT2D eigenvalue weighted by atomic mass is 9.96. The van der Waals surface area contributed by atoms with E-state index in [0.29, 0.717) is 25.3 Å². The first-order valence-electron chi connectivity index (χ1n) is 10.5. The maximum Gasteiger partial charge on any atom is 0.280 e. The summed E-state index contributed by atoms with van der Waals surface area (Å²) in [5.74, 6) is 0.00283. The van der Waals surface area contributed by atoms with Gasteiger partial charge in [-0.05, 0) is 6.42 Å². The minimum absolute atomic E-state index is 0.00283. The molecule has 1 aromatic carbocycles. The predicted octanol–water partition coefficient (Wildman–Crippen LogP) is 0.523. The minimum Gasteiger partial charge on any atom is -0.396 e. The number of nitrogens with zero attached hydrogens (tertiary/aromatic N) is 3. The molecule has 0 bridgehead atoms. The van der Waals surface area contributed by atoms with Crippen molar-refractivity contribution >= 4 is 17.1 Å². The number of nitrogen functional groups attached to an aromatic ring is 1. The molecule has 0 amide bonds. The van der Waals surface area contributed by atoms with Crippen molar-refractivity contribution < 1.29 is 24.1 Å². The number of nitrogens with one attached hydrogen (secondary N) is 1. The molecule has 2 aliphatic heterocycles. The fourth-order valence-electron chi connectivity index (χ4n) is 4.21. The van der Waals surface area contributed by atoms with Gasteiger partial charge in [-0.3, -0.25) is 9.78 Å². The third kappa shape index (κ3) is 3.89. The molecule has 2 aromatic heterocycles. The Hall–Kier alpha value is -2.83. The summed E-state index contributed by atoms with van der Waals surface area (Å²) >= 11 is 0. The third-order valence-electron chi connectivity index (χ3n) is 5.74. The van der Waals surface area contributed by atoms with Crippen LogP contribution < -0.4 is 11.3 Å². The summed E-state index contributed by atoms with van der Waals surface area (Å²) in [6, 6.07) is 9.29. The van der Waals surface area contributed by atoms with Crippen molar-refractivity contribution in [3.8, 4) is 0 Å². The highest BCUT2D eigenvalue weighted by atomic mass is 16.7. The molecule has 11 nitrogen and oxygen atoms in total. The molecule has 3 aromatic rings. The number of H-pyrrole nitrogens is 1. The molecule has 5 rings (SSSR count). The van der Waals surface area contributed by atoms with Crippen molar-refractivity contribution in [2.75, 3.05) is 32.2 Å². The molecule has 5 atom stereocenters. The van der Waals surface area contributed by atoms with Gasteiger partial charge in [-0.15, -0.1) is 0 Å². The standard InChI is InChI=1S/C21H25N5O6/c22-21-24-18-15(19(28)25-21)23-11-26(18)13-9-30-14-10-31-20(12-5-2-1-3-6-12)32-17(14)16(13)29-8-4-7-27/h1-3,5-6,11,13-14,16-17,20,27H,4,7-10H2,(H3,22,24,25,28)/t13-,14-,16+,17-,20?/m1/s1. The molecular weight excluding hydrogens is 418 g/mol. The number of aliphatic hydroxyl groups is 1. The average Bonchev–Trinajstić information content (AvgIpc) is 3.23. The zero-order valence-electron chi connectivity index (χ0n) is 17.3. The van der Waals surface area contributed by atoms with Crippen LogP contribution in [0.2, 0.25) is 0 Å². The van der Waals surface area contributed by atoms with E-state index >= 15 is 0 Å². The number of hydrogen-bond acceptors (Lipinski definition) is 9. The summed E-state index contributed by atoms with van der Waals surface area (Å²) in [7, 11) is 0. The first-order valence-corrected chi connectivity index (χ1v) is 10.5. The summed E-state index contributed by atoms with van der Waals surface area (Å²) in [4.78, 5) is 23.2. The van der Waals surface area contributed by atoms with Crippen LogP contribution in [-0.4, -0.2) is 69.4 Å². The van der Waals surface area contributed by atoms with E-state index < -0.39 is 24.1 Å². The van der Waals surface area contributed by atoms with Gasteiger partial charge in [0.15, 0.2) is 17.5 Å². The number of nitrogens with two attached hydrogens (primary N) is 1. The fraction of sp³-hybridized carbons (Fsp3) is 0.476. The summed E-state index contributed by atoms with van der Waals surface area (Å²) < 4.78 is 26.3. The van der Waals surface area contributed by atoms with E-state index in [9.17, 15) is 9.90 Å². The highest BCUT2D eigenvalue weighted by molar-refractivity contribution is 5.70. The Labute approximate surface area is 183 Å². The summed E-state index contributed by atoms with van der Waals surface area (Å²) in [6.07, 6.45) is 0.256. The summed E-state index contributed by atoms with van der Waals surface area (Å²) in [5, 5.41) is 9.24. The van der Waals surface area contributed by atoms with Gasteiger partial charge in [-0.25, -0.2) is 4.98 Å². The highest BCUT2D eigenvalue weighted by Gasteiger charge is 2.47. The number of aromatic amines is 1. The molecule has 1 unspecified atom stereocenters. The van der Waals surface area contributed by atoms with E-state index in [1.807, 2.05) is 30.3 Å². The number of benzene rings is 1. The van der Waals surface area contributed by atoms with Gasteiger partial charge >= 0.3 is 0 Å². The van der Waals surface area contributed by atoms with E-state index in [4.69, 9.17) is 24.7 Å². The zero-order valence-corrected chi connectivity index (χ0v) is 17.3. The number of anilines is 1. The normalized spacial score (nSPS) is 28.0. The van der Waals surface area contributed by atoms with Crippen LogP contribution in [0.5, 0.6) is 0 Å². The van der Waals surface area contributed by atoms with Gasteiger partial charge in [0.05, 0.1) is 25.6 Å². The highest BCUT2D eigenvalue weighted by Crippen LogP contribution is 2.37. The Balaban J connectivity index is 1.48. The number of hydrogen-bond donors (Lipinski definition) is 3. The van der Waals surface area contributed by atoms with E-state index in [1.165, 1.54) is 6.33 Å². The van der Waals surface area contributed by atoms with Gasteiger partial charge in [0, 0.05) is 18.8 Å². The molecule has 2 aliphatic rings. The molecule has 0 saturated carbocycles. The second kappa shape index (κ2) is 8.96. The van der Waals surface area contributed by atoms with Crippen molar-refractivity contribution in [1.29, 1.82) is 0 Å². The van der Waals surface area contributed by atoms with Crippen LogP contribution in [0.3, 0.4) is 0 Å². The van der Waals surface area contributed by atoms with Crippen LogP contribution in [0.4, 0.5) is 5.95 Å². The van der Waals surface area contributed by atoms with Crippen molar-refractivity contribution in [1.82, 2.24) is 19.5 Å². The lowest BCUT2D eigenvalue weighted by Crippen LogP contribution is -2.57. The summed E-state index contributed by atoms with van der Waals surface area (Å²) in [5.41, 5.74) is 6.79. The lowest BCUT2D eigenvalue weighted by Gasteiger charge is -2.46. The summed E-state index contributed by atoms with van der Waals surface area (Å²) in [6.45, 7) is 0.990. The Bertz CT molecular complexity index is 1120. The Morgan fingerprint density at radius 3 is 2.91 bits per heavy atom. The number of imidazole rings is 1. The molecule has 2 fully saturated rings. The van der Waals surface area contributed by atoms with Crippen LogP contribution in [0.15, 0.2) is 41.5 Å². The second-order valence-corrected chi connectivity index (χ2v) is 7.80. The smallest absolute Gasteiger partial charge is 0.280 e. The first-order chi connectivity index (χ1) is 15.7. The van der Waals surface area contributed by atoms with Crippen LogP contribution in [0, 0.1) is 0 Å². The van der Waals surface area contributed by atoms with Crippen molar-refractivity contribution in [2.45, 2.75) is 37.1 Å². The van der Waals surface area contributed by atoms with Gasteiger partial charge in [0.25, 0.3) is 5.56 Å². The molecule has 170 valence electrons. The Morgan fingerprint density at radius 2 is 2.09 bits per heavy atom. The van der Waals surface area contributed by atoms with E-state index in [0.717, 1.165) is 5.56 Å². The SMILES string of the molecule is Nc1nc2c(ncn2[C@@H]2CO[C@@H]3COC(c4ccccc4)O[C@H]3[C@H]2OCCCO)c(=O)[nH]1. The molecule has 11 heteroatoms. The largest absolute Gasteiger partial charge is 0.396 e. The molecule has 4 N–H and O–H groups in total. The number of rotatable bonds is 6. The topological polar surface area (TPSA) is 147 Å². The average molecular weight is 443 g/mol. The quantitative estimate of drug-likeness (QED) is 0.464. The minimum atomic E-state index is -0.556. The zero-order chi connectivity index (χ0) is 22.1. The molecule has 2 saturated heterocycles. The van der Waals surface area contributed by atoms with Crippen LogP contribution in [0.1, 0.15) is 24.3 Å². The number of fused-ring (bicyclic) bond motifs is 2. The van der Waals surface area contributed by atoms with Gasteiger partial charge < -0.3 is 34.4 Å². The van der Waals surface area contributed by atoms with Crippen LogP contribution in [0.25, 0.3) is 11.2 Å². The van der Waals surface area contributed by atoms with E-state index in [2.05, 4.69) is 15.0 Å². The van der Waals surface area contributed by atoms with Gasteiger partial charge in [0.2, 0.25) is 5.95 Å². The van der Waals surface area contributed by atoms with Crippen LogP contribution >= 0.6 is 0 Å².